The summed E-state index contributed by atoms with van der Waals surface area (Å²) in [5.74, 6) is -0.595. The fourth-order valence-electron chi connectivity index (χ4n) is 1.79. The predicted octanol–water partition coefficient (Wildman–Crippen LogP) is -0.512. The molecule has 0 amide bonds. The number of hydrogen-bond acceptors (Lipinski definition) is 10. The van der Waals surface area contributed by atoms with Gasteiger partial charge in [-0.2, -0.15) is 0 Å². The van der Waals surface area contributed by atoms with Crippen molar-refractivity contribution >= 4 is 18.2 Å². The first kappa shape index (κ1) is 28.5. The normalized spacial score (nSPS) is 17.1. The van der Waals surface area contributed by atoms with Crippen molar-refractivity contribution in [1.82, 2.24) is 9.55 Å². The number of esters is 1. The molecule has 0 saturated carbocycles. The number of carbonyl (C=O) groups is 1. The van der Waals surface area contributed by atoms with Gasteiger partial charge >= 0.3 is 5.97 Å². The lowest BCUT2D eigenvalue weighted by Crippen LogP contribution is -2.21. The fourth-order valence-corrected chi connectivity index (χ4v) is 2.05. The summed E-state index contributed by atoms with van der Waals surface area (Å²) in [4.78, 5) is 23.7. The Hall–Kier alpha value is -1.67. The van der Waals surface area contributed by atoms with Crippen LogP contribution in [0.15, 0.2) is 11.0 Å². The molecule has 1 fully saturated rings. The highest BCUT2D eigenvalue weighted by atomic mass is 32.1. The maximum atomic E-state index is 11.3. The Morgan fingerprint density at radius 3 is 2.32 bits per heavy atom. The lowest BCUT2D eigenvalue weighted by molar-refractivity contribution is -0.149. The highest BCUT2D eigenvalue weighted by Crippen LogP contribution is 2.26. The first-order valence-electron chi connectivity index (χ1n) is 8.54. The van der Waals surface area contributed by atoms with Crippen LogP contribution in [0, 0.1) is 4.77 Å². The topological polar surface area (TPSA) is 180 Å². The number of aliphatic hydroxyl groups is 4. The van der Waals surface area contributed by atoms with Crippen LogP contribution >= 0.6 is 12.2 Å². The van der Waals surface area contributed by atoms with Gasteiger partial charge in [0.25, 0.3) is 5.56 Å². The Kier molecular flexibility index (Phi) is 17.8. The Morgan fingerprint density at radius 1 is 1.39 bits per heavy atom. The van der Waals surface area contributed by atoms with Crippen LogP contribution in [0.2, 0.25) is 0 Å². The van der Waals surface area contributed by atoms with Gasteiger partial charge in [-0.25, -0.2) is 0 Å². The second-order valence-corrected chi connectivity index (χ2v) is 5.55. The molecule has 1 aromatic heterocycles. The van der Waals surface area contributed by atoms with Crippen molar-refractivity contribution in [3.05, 3.63) is 26.9 Å². The molecule has 0 radical (unpaired) electrons. The number of carbonyl (C=O) groups excluding carboxylic acids is 1. The molecule has 1 aliphatic rings. The number of H-pyrrole nitrogens is 1. The Bertz CT molecular complexity index is 650. The fraction of sp³-hybridized carbons (Fsp3) is 0.688. The highest BCUT2D eigenvalue weighted by Gasteiger charge is 2.25. The Labute approximate surface area is 168 Å². The molecule has 1 unspecified atom stereocenters. The third kappa shape index (κ3) is 11.2. The van der Waals surface area contributed by atoms with Crippen molar-refractivity contribution in [2.45, 2.75) is 52.2 Å². The number of rotatable bonds is 4. The minimum Gasteiger partial charge on any atom is -0.438 e. The zero-order chi connectivity index (χ0) is 22.1. The van der Waals surface area contributed by atoms with E-state index in [2.05, 4.69) is 23.6 Å². The van der Waals surface area contributed by atoms with E-state index in [1.165, 1.54) is 12.6 Å². The van der Waals surface area contributed by atoms with Gasteiger partial charge in [0.15, 0.2) is 17.9 Å². The van der Waals surface area contributed by atoms with Crippen molar-refractivity contribution in [2.75, 3.05) is 20.4 Å². The molecule has 1 saturated heterocycles. The Morgan fingerprint density at radius 2 is 1.96 bits per heavy atom. The highest BCUT2D eigenvalue weighted by molar-refractivity contribution is 7.71. The molecule has 0 spiro atoms. The molecule has 2 heterocycles. The number of aliphatic hydroxyl groups excluding tert-OH is 4. The molecule has 0 bridgehead atoms. The maximum absolute atomic E-state index is 11.3. The molecule has 12 heteroatoms. The van der Waals surface area contributed by atoms with E-state index >= 15 is 0 Å². The van der Waals surface area contributed by atoms with Gasteiger partial charge in [-0.1, -0.05) is 20.3 Å². The number of ether oxygens (including phenoxy) is 2. The average molecular weight is 426 g/mol. The summed E-state index contributed by atoms with van der Waals surface area (Å²) in [6, 6.07) is 0. The zero-order valence-electron chi connectivity index (χ0n) is 16.3. The average Bonchev–Trinajstić information content (AvgIpc) is 3.11. The monoisotopic (exact) mass is 425 g/mol. The van der Waals surface area contributed by atoms with Crippen LogP contribution < -0.4 is 11.3 Å². The molecule has 7 N–H and O–H groups in total. The molecule has 2 atom stereocenters. The smallest absolute Gasteiger partial charge is 0.321 e. The van der Waals surface area contributed by atoms with Crippen molar-refractivity contribution in [2.24, 2.45) is 5.73 Å². The van der Waals surface area contributed by atoms with Gasteiger partial charge in [-0.15, -0.1) is 0 Å². The van der Waals surface area contributed by atoms with E-state index in [-0.39, 0.29) is 29.7 Å². The molecule has 1 aromatic rings. The second-order valence-electron chi connectivity index (χ2n) is 5.16. The lowest BCUT2D eigenvalue weighted by atomic mass is 10.3. The first-order valence-corrected chi connectivity index (χ1v) is 8.95. The molecule has 11 nitrogen and oxygen atoms in total. The molecule has 164 valence electrons. The molecule has 1 aliphatic heterocycles. The summed E-state index contributed by atoms with van der Waals surface area (Å²) < 4.78 is 11.0. The van der Waals surface area contributed by atoms with Gasteiger partial charge in [0.05, 0.1) is 18.7 Å². The molecule has 28 heavy (non-hydrogen) atoms. The van der Waals surface area contributed by atoms with Crippen LogP contribution in [-0.2, 0) is 20.9 Å². The van der Waals surface area contributed by atoms with E-state index in [1.807, 2.05) is 0 Å². The van der Waals surface area contributed by atoms with Gasteiger partial charge in [-0.3, -0.25) is 19.1 Å². The Balaban J connectivity index is 0. The van der Waals surface area contributed by atoms with Crippen LogP contribution in [0.4, 0.5) is 0 Å². The minimum atomic E-state index is -0.795. The zero-order valence-corrected chi connectivity index (χ0v) is 17.1. The van der Waals surface area contributed by atoms with Crippen LogP contribution in [0.1, 0.15) is 44.9 Å². The largest absolute Gasteiger partial charge is 0.438 e. The number of nitrogens with one attached hydrogen (secondary N) is 1. The van der Waals surface area contributed by atoms with Crippen LogP contribution in [0.5, 0.6) is 0 Å². The van der Waals surface area contributed by atoms with Crippen molar-refractivity contribution in [3.8, 4) is 0 Å². The van der Waals surface area contributed by atoms with E-state index in [0.717, 1.165) is 7.11 Å². The van der Waals surface area contributed by atoms with Crippen molar-refractivity contribution < 1.29 is 34.7 Å². The van der Waals surface area contributed by atoms with Gasteiger partial charge in [-0.05, 0) is 18.6 Å². The molecule has 2 rings (SSSR count). The summed E-state index contributed by atoms with van der Waals surface area (Å²) in [5.41, 5.74) is 4.59. The summed E-state index contributed by atoms with van der Waals surface area (Å²) in [6.45, 7) is 3.12. The molecule has 0 aliphatic carbocycles. The van der Waals surface area contributed by atoms with Gasteiger partial charge in [0.2, 0.25) is 0 Å². The van der Waals surface area contributed by atoms with E-state index in [1.54, 1.807) is 4.57 Å². The third-order valence-corrected chi connectivity index (χ3v) is 3.20. The number of aromatic nitrogens is 2. The summed E-state index contributed by atoms with van der Waals surface area (Å²) in [6.07, 6.45) is 2.68. The van der Waals surface area contributed by atoms with Gasteiger partial charge in [0, 0.05) is 19.7 Å². The molecule has 0 aromatic carbocycles. The van der Waals surface area contributed by atoms with Crippen LogP contribution in [0.25, 0.3) is 0 Å². The van der Waals surface area contributed by atoms with Gasteiger partial charge in [0.1, 0.15) is 6.23 Å². The van der Waals surface area contributed by atoms with E-state index < -0.39 is 24.6 Å². The number of aromatic amines is 1. The third-order valence-electron chi connectivity index (χ3n) is 2.89. The van der Waals surface area contributed by atoms with Crippen molar-refractivity contribution in [3.63, 3.8) is 0 Å². The maximum Gasteiger partial charge on any atom is 0.321 e. The number of nitrogens with two attached hydrogens (primary N) is 1. The van der Waals surface area contributed by atoms with Crippen molar-refractivity contribution in [1.29, 1.82) is 0 Å². The van der Waals surface area contributed by atoms with E-state index in [4.69, 9.17) is 38.0 Å². The molecular weight excluding hydrogens is 394 g/mol. The predicted molar refractivity (Wildman–Crippen MR) is 104 cm³/mol. The first-order chi connectivity index (χ1) is 13.3. The SMILES string of the molecule is CCC.CO.NCC(=O)OCO.O=c1[nH]c(=S)n(C2CC[C@@H](O)O2)cc1CO. The van der Waals surface area contributed by atoms with Crippen LogP contribution in [0.3, 0.4) is 0 Å². The number of nitrogens with zero attached hydrogens (tertiary/aromatic N) is 1. The standard InChI is InChI=1S/C9H12N2O4S.C3H7NO3.C3H8.CH4O/c12-4-5-3-11(9(16)10-8(5)14)6-1-2-7(13)15-6;4-1-3(6)7-2-5;1-3-2;1-2/h3,6-7,12-13H,1-2,4H2,(H,10,14,16);5H,1-2,4H2;3H2,1-2H3;2H,1H3/t6?,7-;;;/m0.../s1. The summed E-state index contributed by atoms with van der Waals surface area (Å²) in [5, 5.41) is 33.1. The van der Waals surface area contributed by atoms with Crippen LogP contribution in [-0.4, -0.2) is 62.7 Å². The second kappa shape index (κ2) is 17.4. The van der Waals surface area contributed by atoms with E-state index in [9.17, 15) is 14.7 Å². The summed E-state index contributed by atoms with van der Waals surface area (Å²) in [7, 11) is 1.00. The minimum absolute atomic E-state index is 0.180. The van der Waals surface area contributed by atoms with Gasteiger partial charge < -0.3 is 35.6 Å². The molecular formula is C16H31N3O8S. The number of hydrogen-bond donors (Lipinski definition) is 6. The van der Waals surface area contributed by atoms with E-state index in [0.29, 0.717) is 12.8 Å². The summed E-state index contributed by atoms with van der Waals surface area (Å²) >= 11 is 4.99. The quantitative estimate of drug-likeness (QED) is 0.209. The lowest BCUT2D eigenvalue weighted by Gasteiger charge is -2.15.